The first-order valence-electron chi connectivity index (χ1n) is 7.79. The van der Waals surface area contributed by atoms with Crippen LogP contribution >= 0.6 is 0 Å². The Morgan fingerprint density at radius 3 is 2.57 bits per heavy atom. The highest BCUT2D eigenvalue weighted by Crippen LogP contribution is 2.33. The Hall–Kier alpha value is -1.10. The topological polar surface area (TPSA) is 65.1 Å². The molecule has 0 aliphatic carbocycles. The van der Waals surface area contributed by atoms with Gasteiger partial charge in [0.1, 0.15) is 12.7 Å². The molecule has 3 unspecified atom stereocenters. The van der Waals surface area contributed by atoms with E-state index in [9.17, 15) is 9.59 Å². The van der Waals surface area contributed by atoms with Crippen molar-refractivity contribution in [3.8, 4) is 0 Å². The fourth-order valence-electron chi connectivity index (χ4n) is 2.26. The number of carbonyl (C=O) groups is 2. The zero-order chi connectivity index (χ0) is 15.9. The van der Waals surface area contributed by atoms with Crippen LogP contribution in [0.25, 0.3) is 0 Å². The molecule has 0 aromatic rings. The van der Waals surface area contributed by atoms with E-state index in [1.165, 1.54) is 7.11 Å². The molecule has 122 valence electrons. The van der Waals surface area contributed by atoms with Crippen LogP contribution in [0.2, 0.25) is 0 Å². The highest BCUT2D eigenvalue weighted by atomic mass is 16.6. The van der Waals surface area contributed by atoms with E-state index in [4.69, 9.17) is 14.2 Å². The van der Waals surface area contributed by atoms with Crippen molar-refractivity contribution in [2.24, 2.45) is 11.3 Å². The normalized spacial score (nSPS) is 21.2. The SMILES string of the molecule is CCCCC(C)(CCC(C)C(=O)OC)C(=O)OCC1CO1. The van der Waals surface area contributed by atoms with Crippen molar-refractivity contribution in [3.63, 3.8) is 0 Å². The van der Waals surface area contributed by atoms with Crippen molar-refractivity contribution >= 4 is 11.9 Å². The molecule has 0 N–H and O–H groups in total. The Balaban J connectivity index is 2.53. The van der Waals surface area contributed by atoms with Crippen LogP contribution in [-0.4, -0.2) is 38.4 Å². The first-order chi connectivity index (χ1) is 9.92. The van der Waals surface area contributed by atoms with E-state index in [2.05, 4.69) is 6.92 Å². The molecule has 0 aromatic carbocycles. The van der Waals surface area contributed by atoms with Gasteiger partial charge in [0.2, 0.25) is 0 Å². The van der Waals surface area contributed by atoms with E-state index in [0.29, 0.717) is 26.1 Å². The van der Waals surface area contributed by atoms with Crippen molar-refractivity contribution in [2.45, 2.75) is 59.0 Å². The lowest BCUT2D eigenvalue weighted by molar-refractivity contribution is -0.157. The summed E-state index contributed by atoms with van der Waals surface area (Å²) in [5.41, 5.74) is -0.535. The predicted molar refractivity (Wildman–Crippen MR) is 78.7 cm³/mol. The van der Waals surface area contributed by atoms with Gasteiger partial charge in [-0.25, -0.2) is 0 Å². The van der Waals surface area contributed by atoms with Crippen LogP contribution < -0.4 is 0 Å². The minimum Gasteiger partial charge on any atom is -0.469 e. The zero-order valence-corrected chi connectivity index (χ0v) is 13.6. The second-order valence-corrected chi connectivity index (χ2v) is 6.18. The summed E-state index contributed by atoms with van der Waals surface area (Å²) in [6, 6.07) is 0. The van der Waals surface area contributed by atoms with Crippen LogP contribution in [0, 0.1) is 11.3 Å². The third kappa shape index (κ3) is 6.04. The molecule has 0 saturated carbocycles. The maximum Gasteiger partial charge on any atom is 0.311 e. The molecule has 0 bridgehead atoms. The summed E-state index contributed by atoms with van der Waals surface area (Å²) in [6.45, 7) is 6.88. The third-order valence-electron chi connectivity index (χ3n) is 4.11. The molecule has 0 radical (unpaired) electrons. The molecule has 3 atom stereocenters. The van der Waals surface area contributed by atoms with E-state index >= 15 is 0 Å². The van der Waals surface area contributed by atoms with Gasteiger partial charge in [-0.2, -0.15) is 0 Å². The van der Waals surface area contributed by atoms with Crippen molar-refractivity contribution in [3.05, 3.63) is 0 Å². The highest BCUT2D eigenvalue weighted by Gasteiger charge is 2.36. The summed E-state index contributed by atoms with van der Waals surface area (Å²) in [6.07, 6.45) is 4.12. The Bertz CT molecular complexity index is 351. The number of rotatable bonds is 10. The average Bonchev–Trinajstić information content (AvgIpc) is 3.31. The minimum atomic E-state index is -0.535. The molecule has 0 amide bonds. The monoisotopic (exact) mass is 300 g/mol. The van der Waals surface area contributed by atoms with Gasteiger partial charge in [-0.3, -0.25) is 9.59 Å². The van der Waals surface area contributed by atoms with Crippen LogP contribution in [0.15, 0.2) is 0 Å². The van der Waals surface area contributed by atoms with Gasteiger partial charge >= 0.3 is 11.9 Å². The molecule has 0 aromatic heterocycles. The number of esters is 2. The van der Waals surface area contributed by atoms with Crippen LogP contribution in [0.3, 0.4) is 0 Å². The largest absolute Gasteiger partial charge is 0.469 e. The molecule has 1 aliphatic rings. The summed E-state index contributed by atoms with van der Waals surface area (Å²) >= 11 is 0. The molecule has 1 aliphatic heterocycles. The summed E-state index contributed by atoms with van der Waals surface area (Å²) in [5.74, 6) is -0.605. The smallest absolute Gasteiger partial charge is 0.311 e. The summed E-state index contributed by atoms with van der Waals surface area (Å²) < 4.78 is 15.2. The zero-order valence-electron chi connectivity index (χ0n) is 13.6. The standard InChI is InChI=1S/C16H28O5/c1-5-6-8-16(3,9-7-12(2)14(17)19-4)15(18)21-11-13-10-20-13/h12-13H,5-11H2,1-4H3. The Morgan fingerprint density at radius 2 is 2.05 bits per heavy atom. The molecular formula is C16H28O5. The lowest BCUT2D eigenvalue weighted by Crippen LogP contribution is -2.32. The van der Waals surface area contributed by atoms with E-state index in [0.717, 1.165) is 19.3 Å². The van der Waals surface area contributed by atoms with E-state index < -0.39 is 5.41 Å². The Kier molecular flexibility index (Phi) is 7.15. The van der Waals surface area contributed by atoms with Gasteiger partial charge in [0.15, 0.2) is 0 Å². The van der Waals surface area contributed by atoms with Crippen LogP contribution in [0.1, 0.15) is 52.9 Å². The second-order valence-electron chi connectivity index (χ2n) is 6.18. The minimum absolute atomic E-state index is 0.0818. The number of methoxy groups -OCH3 is 1. The number of ether oxygens (including phenoxy) is 3. The lowest BCUT2D eigenvalue weighted by Gasteiger charge is -2.28. The molecule has 1 rings (SSSR count). The summed E-state index contributed by atoms with van der Waals surface area (Å²) in [7, 11) is 1.39. The second kappa shape index (κ2) is 8.37. The number of unbranched alkanes of at least 4 members (excludes halogenated alkanes) is 1. The molecule has 0 spiro atoms. The molecule has 1 heterocycles. The maximum absolute atomic E-state index is 12.4. The van der Waals surface area contributed by atoms with Gasteiger partial charge in [-0.15, -0.1) is 0 Å². The van der Waals surface area contributed by atoms with Gasteiger partial charge in [0.05, 0.1) is 25.0 Å². The first kappa shape index (κ1) is 18.0. The van der Waals surface area contributed by atoms with Gasteiger partial charge in [-0.1, -0.05) is 26.7 Å². The molecule has 1 saturated heterocycles. The first-order valence-corrected chi connectivity index (χ1v) is 7.79. The molecule has 21 heavy (non-hydrogen) atoms. The summed E-state index contributed by atoms with van der Waals surface area (Å²) in [4.78, 5) is 23.8. The molecule has 5 heteroatoms. The van der Waals surface area contributed by atoms with Gasteiger partial charge in [0.25, 0.3) is 0 Å². The highest BCUT2D eigenvalue weighted by molar-refractivity contribution is 5.76. The summed E-state index contributed by atoms with van der Waals surface area (Å²) in [5, 5.41) is 0. The fraction of sp³-hybridized carbons (Fsp3) is 0.875. The molecule has 5 nitrogen and oxygen atoms in total. The lowest BCUT2D eigenvalue weighted by atomic mass is 9.79. The quantitative estimate of drug-likeness (QED) is 0.458. The van der Waals surface area contributed by atoms with Crippen molar-refractivity contribution in [2.75, 3.05) is 20.3 Å². The van der Waals surface area contributed by atoms with Crippen molar-refractivity contribution in [1.82, 2.24) is 0 Å². The number of epoxide rings is 1. The van der Waals surface area contributed by atoms with E-state index in [1.807, 2.05) is 13.8 Å². The van der Waals surface area contributed by atoms with E-state index in [1.54, 1.807) is 0 Å². The van der Waals surface area contributed by atoms with Gasteiger partial charge in [-0.05, 0) is 26.2 Å². The Morgan fingerprint density at radius 1 is 1.38 bits per heavy atom. The maximum atomic E-state index is 12.4. The van der Waals surface area contributed by atoms with E-state index in [-0.39, 0.29) is 24.0 Å². The number of hydrogen-bond acceptors (Lipinski definition) is 5. The van der Waals surface area contributed by atoms with Gasteiger partial charge in [0, 0.05) is 0 Å². The third-order valence-corrected chi connectivity index (χ3v) is 4.11. The van der Waals surface area contributed by atoms with Crippen molar-refractivity contribution in [1.29, 1.82) is 0 Å². The Labute approximate surface area is 127 Å². The molecular weight excluding hydrogens is 272 g/mol. The van der Waals surface area contributed by atoms with Crippen molar-refractivity contribution < 1.29 is 23.8 Å². The number of hydrogen-bond donors (Lipinski definition) is 0. The van der Waals surface area contributed by atoms with Gasteiger partial charge < -0.3 is 14.2 Å². The van der Waals surface area contributed by atoms with Crippen LogP contribution in [-0.2, 0) is 23.8 Å². The average molecular weight is 300 g/mol. The molecule has 1 fully saturated rings. The predicted octanol–water partition coefficient (Wildman–Crippen LogP) is 2.71. The van der Waals surface area contributed by atoms with Crippen LogP contribution in [0.5, 0.6) is 0 Å². The van der Waals surface area contributed by atoms with Crippen LogP contribution in [0.4, 0.5) is 0 Å². The number of carbonyl (C=O) groups excluding carboxylic acids is 2. The fourth-order valence-corrected chi connectivity index (χ4v) is 2.26.